The topological polar surface area (TPSA) is 66.6 Å². The Hall–Kier alpha value is -1.59. The molecule has 0 saturated carbocycles. The van der Waals surface area contributed by atoms with Crippen LogP contribution in [0, 0.1) is 0 Å². The number of fused-ring (bicyclic) bond motifs is 1. The highest BCUT2D eigenvalue weighted by atomic mass is 35.5. The van der Waals surface area contributed by atoms with Crippen LogP contribution in [0.15, 0.2) is 18.2 Å². The molecule has 0 aliphatic carbocycles. The first-order valence-electron chi connectivity index (χ1n) is 5.13. The van der Waals surface area contributed by atoms with Crippen LogP contribution in [0.25, 0.3) is 5.52 Å². The Labute approximate surface area is 103 Å². The van der Waals surface area contributed by atoms with Crippen LogP contribution in [0.4, 0.5) is 0 Å². The zero-order chi connectivity index (χ0) is 12.6. The van der Waals surface area contributed by atoms with Crippen molar-refractivity contribution in [3.63, 3.8) is 0 Å². The second kappa shape index (κ2) is 4.35. The second-order valence-electron chi connectivity index (χ2n) is 3.70. The Balaban J connectivity index is 2.80. The van der Waals surface area contributed by atoms with Crippen molar-refractivity contribution in [2.24, 2.45) is 0 Å². The number of rotatable bonds is 3. The largest absolute Gasteiger partial charge is 0.476 e. The van der Waals surface area contributed by atoms with E-state index in [1.54, 1.807) is 29.6 Å². The van der Waals surface area contributed by atoms with Crippen molar-refractivity contribution in [3.05, 3.63) is 34.9 Å². The Morgan fingerprint density at radius 3 is 2.88 bits per heavy atom. The molecule has 1 unspecified atom stereocenters. The fraction of sp³-hybridized carbons (Fsp3) is 0.273. The molecule has 1 atom stereocenters. The van der Waals surface area contributed by atoms with Crippen molar-refractivity contribution in [3.8, 4) is 0 Å². The third kappa shape index (κ3) is 1.87. The van der Waals surface area contributed by atoms with Crippen LogP contribution in [0.1, 0.15) is 29.3 Å². The lowest BCUT2D eigenvalue weighted by Gasteiger charge is -2.09. The maximum Gasteiger partial charge on any atom is 0.356 e. The number of nitrogens with zero attached hydrogens (tertiary/aromatic N) is 2. The molecule has 2 N–H and O–H groups in total. The third-order valence-corrected chi connectivity index (χ3v) is 2.96. The molecule has 0 amide bonds. The molecule has 90 valence electrons. The number of hydrogen-bond acceptors (Lipinski definition) is 3. The van der Waals surface area contributed by atoms with Gasteiger partial charge in [-0.2, -0.15) is 0 Å². The zero-order valence-electron chi connectivity index (χ0n) is 9.44. The molecule has 2 heterocycles. The summed E-state index contributed by atoms with van der Waals surface area (Å²) in [6.45, 7) is 1.89. The quantitative estimate of drug-likeness (QED) is 0.821. The number of aromatic nitrogens is 2. The van der Waals surface area contributed by atoms with E-state index in [4.69, 9.17) is 16.7 Å². The molecule has 0 fully saturated rings. The maximum atomic E-state index is 11.1. The smallest absolute Gasteiger partial charge is 0.356 e. The van der Waals surface area contributed by atoms with Gasteiger partial charge in [0.25, 0.3) is 0 Å². The standard InChI is InChI=1S/C11H12ClN3O2/c1-6(13-2)10-14-9(11(16)17)7-4-3-5-8(12)15(7)10/h3-6,13H,1-2H3,(H,16,17). The second-order valence-corrected chi connectivity index (χ2v) is 4.09. The molecular formula is C11H12ClN3O2. The minimum Gasteiger partial charge on any atom is -0.476 e. The van der Waals surface area contributed by atoms with Gasteiger partial charge >= 0.3 is 5.97 Å². The molecule has 2 rings (SSSR count). The Morgan fingerprint density at radius 1 is 1.59 bits per heavy atom. The lowest BCUT2D eigenvalue weighted by Crippen LogP contribution is -2.15. The minimum absolute atomic E-state index is 0.0181. The summed E-state index contributed by atoms with van der Waals surface area (Å²) < 4.78 is 1.65. The average molecular weight is 254 g/mol. The Kier molecular flexibility index (Phi) is 3.04. The van der Waals surface area contributed by atoms with Crippen molar-refractivity contribution in [2.45, 2.75) is 13.0 Å². The molecule has 2 aromatic rings. The van der Waals surface area contributed by atoms with Gasteiger partial charge in [0.1, 0.15) is 11.0 Å². The lowest BCUT2D eigenvalue weighted by atomic mass is 10.3. The lowest BCUT2D eigenvalue weighted by molar-refractivity contribution is 0.0693. The SMILES string of the molecule is CNC(C)c1nc(C(=O)O)c2cccc(Cl)n12. The molecule has 0 bridgehead atoms. The molecule has 0 aromatic carbocycles. The number of carboxylic acid groups (broad SMARTS) is 1. The molecule has 2 aromatic heterocycles. The van der Waals surface area contributed by atoms with Gasteiger partial charge in [0.2, 0.25) is 0 Å². The van der Waals surface area contributed by atoms with Crippen LogP contribution in [-0.4, -0.2) is 27.5 Å². The van der Waals surface area contributed by atoms with E-state index in [0.29, 0.717) is 16.5 Å². The predicted octanol–water partition coefficient (Wildman–Crippen LogP) is 1.97. The van der Waals surface area contributed by atoms with Crippen molar-refractivity contribution >= 4 is 23.1 Å². The normalized spacial score (nSPS) is 12.9. The van der Waals surface area contributed by atoms with Crippen LogP contribution in [0.5, 0.6) is 0 Å². The molecule has 0 aliphatic heterocycles. The van der Waals surface area contributed by atoms with Gasteiger partial charge in [-0.25, -0.2) is 9.78 Å². The number of pyridine rings is 1. The average Bonchev–Trinajstić information content (AvgIpc) is 2.69. The van der Waals surface area contributed by atoms with Crippen LogP contribution in [0.2, 0.25) is 5.15 Å². The van der Waals surface area contributed by atoms with Gasteiger partial charge in [0.15, 0.2) is 5.69 Å². The van der Waals surface area contributed by atoms with Gasteiger partial charge in [-0.05, 0) is 26.1 Å². The molecule has 0 spiro atoms. The number of carbonyl (C=O) groups is 1. The number of aromatic carboxylic acids is 1. The van der Waals surface area contributed by atoms with E-state index in [0.717, 1.165) is 0 Å². The van der Waals surface area contributed by atoms with Gasteiger partial charge in [-0.15, -0.1) is 0 Å². The van der Waals surface area contributed by atoms with E-state index in [2.05, 4.69) is 10.3 Å². The van der Waals surface area contributed by atoms with Gasteiger partial charge in [-0.1, -0.05) is 17.7 Å². The van der Waals surface area contributed by atoms with Crippen LogP contribution in [-0.2, 0) is 0 Å². The summed E-state index contributed by atoms with van der Waals surface area (Å²) in [6, 6.07) is 5.01. The first kappa shape index (κ1) is 11.9. The van der Waals surface area contributed by atoms with Crippen molar-refractivity contribution < 1.29 is 9.90 Å². The summed E-state index contributed by atoms with van der Waals surface area (Å²) in [7, 11) is 1.78. The summed E-state index contributed by atoms with van der Waals surface area (Å²) in [6.07, 6.45) is 0. The minimum atomic E-state index is -1.06. The molecule has 0 aliphatic rings. The van der Waals surface area contributed by atoms with Crippen LogP contribution >= 0.6 is 11.6 Å². The van der Waals surface area contributed by atoms with E-state index >= 15 is 0 Å². The van der Waals surface area contributed by atoms with Gasteiger partial charge in [-0.3, -0.25) is 4.40 Å². The molecular weight excluding hydrogens is 242 g/mol. The molecule has 5 nitrogen and oxygen atoms in total. The Morgan fingerprint density at radius 2 is 2.29 bits per heavy atom. The van der Waals surface area contributed by atoms with Crippen LogP contribution < -0.4 is 5.32 Å². The summed E-state index contributed by atoms with van der Waals surface area (Å²) in [4.78, 5) is 15.2. The van der Waals surface area contributed by atoms with Gasteiger partial charge in [0.05, 0.1) is 11.6 Å². The fourth-order valence-corrected chi connectivity index (χ4v) is 1.95. The van der Waals surface area contributed by atoms with E-state index in [1.807, 2.05) is 6.92 Å². The fourth-order valence-electron chi connectivity index (χ4n) is 1.70. The van der Waals surface area contributed by atoms with Crippen LogP contribution in [0.3, 0.4) is 0 Å². The number of imidazole rings is 1. The Bertz CT molecular complexity index is 579. The molecule has 6 heteroatoms. The van der Waals surface area contributed by atoms with E-state index < -0.39 is 5.97 Å². The van der Waals surface area contributed by atoms with E-state index in [1.165, 1.54) is 0 Å². The van der Waals surface area contributed by atoms with E-state index in [-0.39, 0.29) is 11.7 Å². The highest BCUT2D eigenvalue weighted by Gasteiger charge is 2.20. The third-order valence-electron chi connectivity index (χ3n) is 2.66. The zero-order valence-corrected chi connectivity index (χ0v) is 10.2. The van der Waals surface area contributed by atoms with Crippen molar-refractivity contribution in [2.75, 3.05) is 7.05 Å². The molecule has 17 heavy (non-hydrogen) atoms. The van der Waals surface area contributed by atoms with Crippen molar-refractivity contribution in [1.29, 1.82) is 0 Å². The monoisotopic (exact) mass is 253 g/mol. The van der Waals surface area contributed by atoms with Gasteiger partial charge in [0, 0.05) is 0 Å². The predicted molar refractivity (Wildman–Crippen MR) is 64.6 cm³/mol. The summed E-state index contributed by atoms with van der Waals surface area (Å²) in [5, 5.41) is 12.6. The number of carboxylic acids is 1. The first-order chi connectivity index (χ1) is 8.06. The molecule has 0 radical (unpaired) electrons. The maximum absolute atomic E-state index is 11.1. The number of halogens is 1. The molecule has 0 saturated heterocycles. The summed E-state index contributed by atoms with van der Waals surface area (Å²) in [5.74, 6) is -0.468. The summed E-state index contributed by atoms with van der Waals surface area (Å²) in [5.41, 5.74) is 0.520. The number of hydrogen-bond donors (Lipinski definition) is 2. The van der Waals surface area contributed by atoms with Crippen molar-refractivity contribution in [1.82, 2.24) is 14.7 Å². The number of nitrogens with one attached hydrogen (secondary N) is 1. The van der Waals surface area contributed by atoms with Gasteiger partial charge < -0.3 is 10.4 Å². The first-order valence-corrected chi connectivity index (χ1v) is 5.51. The van der Waals surface area contributed by atoms with E-state index in [9.17, 15) is 4.79 Å². The highest BCUT2D eigenvalue weighted by Crippen LogP contribution is 2.23. The summed E-state index contributed by atoms with van der Waals surface area (Å²) >= 11 is 6.08. The highest BCUT2D eigenvalue weighted by molar-refractivity contribution is 6.29.